The summed E-state index contributed by atoms with van der Waals surface area (Å²) in [6.45, 7) is 1.95. The highest BCUT2D eigenvalue weighted by molar-refractivity contribution is 8.15. The zero-order valence-corrected chi connectivity index (χ0v) is 5.94. The monoisotopic (exact) mass is 144 g/mol. The molecule has 1 amide bonds. The van der Waals surface area contributed by atoms with E-state index in [9.17, 15) is 4.79 Å². The number of nitrogens with zero attached hydrogens (tertiary/aromatic N) is 1. The minimum atomic E-state index is -0.0833. The molecule has 0 aromatic heterocycles. The molecule has 0 unspecified atom stereocenters. The van der Waals surface area contributed by atoms with Gasteiger partial charge in [-0.3, -0.25) is 4.79 Å². The fourth-order valence-corrected chi connectivity index (χ4v) is 1.42. The number of nitrogens with two attached hydrogens (primary N) is 1. The second-order valence-electron chi connectivity index (χ2n) is 1.80. The lowest BCUT2D eigenvalue weighted by Gasteiger charge is -1.97. The topological polar surface area (TPSA) is 55.4 Å². The molecule has 4 heteroatoms. The molecule has 1 rings (SSSR count). The molecular formula is C5H8N2OS. The Morgan fingerprint density at radius 2 is 2.56 bits per heavy atom. The minimum Gasteiger partial charge on any atom is -0.378 e. The SMILES string of the molecule is CC[C@@H]1SC(N)=NC1=O. The summed E-state index contributed by atoms with van der Waals surface area (Å²) in [5.74, 6) is -0.0833. The molecule has 0 radical (unpaired) electrons. The summed E-state index contributed by atoms with van der Waals surface area (Å²) < 4.78 is 0. The lowest BCUT2D eigenvalue weighted by Crippen LogP contribution is -2.08. The number of rotatable bonds is 1. The third-order valence-electron chi connectivity index (χ3n) is 1.13. The van der Waals surface area contributed by atoms with Gasteiger partial charge in [0.1, 0.15) is 0 Å². The first-order chi connectivity index (χ1) is 4.24. The summed E-state index contributed by atoms with van der Waals surface area (Å²) in [4.78, 5) is 14.3. The van der Waals surface area contributed by atoms with E-state index in [0.717, 1.165) is 6.42 Å². The van der Waals surface area contributed by atoms with E-state index in [1.807, 2.05) is 6.92 Å². The van der Waals surface area contributed by atoms with Crippen molar-refractivity contribution in [1.82, 2.24) is 0 Å². The van der Waals surface area contributed by atoms with Gasteiger partial charge in [-0.05, 0) is 6.42 Å². The molecule has 1 aliphatic heterocycles. The molecular weight excluding hydrogens is 136 g/mol. The van der Waals surface area contributed by atoms with Crippen LogP contribution in [0.4, 0.5) is 0 Å². The van der Waals surface area contributed by atoms with Crippen molar-refractivity contribution in [2.24, 2.45) is 10.7 Å². The number of thioether (sulfide) groups is 1. The van der Waals surface area contributed by atoms with Crippen molar-refractivity contribution in [3.05, 3.63) is 0 Å². The summed E-state index contributed by atoms with van der Waals surface area (Å²) in [7, 11) is 0. The fourth-order valence-electron chi connectivity index (χ4n) is 0.661. The van der Waals surface area contributed by atoms with E-state index in [-0.39, 0.29) is 11.2 Å². The van der Waals surface area contributed by atoms with Crippen LogP contribution in [0.15, 0.2) is 4.99 Å². The van der Waals surface area contributed by atoms with Gasteiger partial charge in [0, 0.05) is 0 Å². The molecule has 1 heterocycles. The molecule has 50 valence electrons. The Morgan fingerprint density at radius 1 is 1.89 bits per heavy atom. The van der Waals surface area contributed by atoms with E-state index < -0.39 is 0 Å². The molecule has 2 N–H and O–H groups in total. The molecule has 0 fully saturated rings. The van der Waals surface area contributed by atoms with Crippen LogP contribution in [0.25, 0.3) is 0 Å². The zero-order chi connectivity index (χ0) is 6.85. The van der Waals surface area contributed by atoms with Crippen LogP contribution in [-0.4, -0.2) is 16.3 Å². The molecule has 0 aliphatic carbocycles. The van der Waals surface area contributed by atoms with E-state index in [1.54, 1.807) is 0 Å². The lowest BCUT2D eigenvalue weighted by atomic mass is 10.3. The number of carbonyl (C=O) groups excluding carboxylic acids is 1. The van der Waals surface area contributed by atoms with Crippen LogP contribution in [-0.2, 0) is 4.79 Å². The van der Waals surface area contributed by atoms with Gasteiger partial charge in [0.25, 0.3) is 5.91 Å². The van der Waals surface area contributed by atoms with Gasteiger partial charge >= 0.3 is 0 Å². The highest BCUT2D eigenvalue weighted by Crippen LogP contribution is 2.21. The number of hydrogen-bond acceptors (Lipinski definition) is 3. The average Bonchev–Trinajstić information content (AvgIpc) is 2.10. The first-order valence-electron chi connectivity index (χ1n) is 2.78. The lowest BCUT2D eigenvalue weighted by molar-refractivity contribution is -0.117. The molecule has 0 aromatic carbocycles. The van der Waals surface area contributed by atoms with Crippen LogP contribution in [0.1, 0.15) is 13.3 Å². The standard InChI is InChI=1S/C5H8N2OS/c1-2-3-4(8)7-5(6)9-3/h3H,2H2,1H3,(H2,6,7,8)/t3-/m0/s1. The van der Waals surface area contributed by atoms with E-state index >= 15 is 0 Å². The van der Waals surface area contributed by atoms with Crippen LogP contribution in [0, 0.1) is 0 Å². The Bertz CT molecular complexity index is 166. The molecule has 0 saturated carbocycles. The van der Waals surface area contributed by atoms with Gasteiger partial charge in [-0.25, -0.2) is 0 Å². The number of amidine groups is 1. The summed E-state index contributed by atoms with van der Waals surface area (Å²) in [5.41, 5.74) is 5.28. The van der Waals surface area contributed by atoms with Gasteiger partial charge in [0.2, 0.25) is 0 Å². The average molecular weight is 144 g/mol. The minimum absolute atomic E-state index is 0.00926. The van der Waals surface area contributed by atoms with Gasteiger partial charge in [-0.2, -0.15) is 4.99 Å². The highest BCUT2D eigenvalue weighted by Gasteiger charge is 2.24. The Hall–Kier alpha value is -0.510. The van der Waals surface area contributed by atoms with Crippen molar-refractivity contribution in [1.29, 1.82) is 0 Å². The van der Waals surface area contributed by atoms with Crippen molar-refractivity contribution < 1.29 is 4.79 Å². The van der Waals surface area contributed by atoms with Gasteiger partial charge in [-0.1, -0.05) is 18.7 Å². The number of amides is 1. The molecule has 0 saturated heterocycles. The molecule has 0 bridgehead atoms. The normalized spacial score (nSPS) is 26.6. The summed E-state index contributed by atoms with van der Waals surface area (Å²) >= 11 is 1.35. The molecule has 1 atom stereocenters. The first kappa shape index (κ1) is 6.61. The molecule has 3 nitrogen and oxygen atoms in total. The maximum Gasteiger partial charge on any atom is 0.261 e. The van der Waals surface area contributed by atoms with E-state index in [4.69, 9.17) is 5.73 Å². The Labute approximate surface area is 57.7 Å². The first-order valence-corrected chi connectivity index (χ1v) is 3.66. The number of aliphatic imine (C=N–C) groups is 1. The van der Waals surface area contributed by atoms with Crippen molar-refractivity contribution in [3.63, 3.8) is 0 Å². The largest absolute Gasteiger partial charge is 0.378 e. The second kappa shape index (κ2) is 2.39. The smallest absolute Gasteiger partial charge is 0.261 e. The molecule has 0 spiro atoms. The molecule has 1 aliphatic rings. The summed E-state index contributed by atoms with van der Waals surface area (Å²) in [6, 6.07) is 0. The molecule has 9 heavy (non-hydrogen) atoms. The van der Waals surface area contributed by atoms with E-state index in [1.165, 1.54) is 11.8 Å². The Kier molecular flexibility index (Phi) is 1.75. The van der Waals surface area contributed by atoms with Crippen molar-refractivity contribution in [3.8, 4) is 0 Å². The van der Waals surface area contributed by atoms with Gasteiger partial charge < -0.3 is 5.73 Å². The van der Waals surface area contributed by atoms with Crippen LogP contribution in [0.3, 0.4) is 0 Å². The third kappa shape index (κ3) is 1.24. The van der Waals surface area contributed by atoms with Crippen LogP contribution in [0.5, 0.6) is 0 Å². The van der Waals surface area contributed by atoms with Crippen molar-refractivity contribution in [2.75, 3.05) is 0 Å². The Balaban J connectivity index is 2.60. The van der Waals surface area contributed by atoms with Crippen LogP contribution < -0.4 is 5.73 Å². The van der Waals surface area contributed by atoms with Gasteiger partial charge in [0.05, 0.1) is 5.25 Å². The number of hydrogen-bond donors (Lipinski definition) is 1. The van der Waals surface area contributed by atoms with E-state index in [2.05, 4.69) is 4.99 Å². The fraction of sp³-hybridized carbons (Fsp3) is 0.600. The second-order valence-corrected chi connectivity index (χ2v) is 3.03. The maximum absolute atomic E-state index is 10.7. The summed E-state index contributed by atoms with van der Waals surface area (Å²) in [5, 5.41) is 0.400. The number of carbonyl (C=O) groups is 1. The van der Waals surface area contributed by atoms with Gasteiger partial charge in [0.15, 0.2) is 5.17 Å². The Morgan fingerprint density at radius 3 is 2.78 bits per heavy atom. The predicted octanol–water partition coefficient (Wildman–Crippen LogP) is 0.353. The summed E-state index contributed by atoms with van der Waals surface area (Å²) in [6.07, 6.45) is 0.813. The molecule has 0 aromatic rings. The maximum atomic E-state index is 10.7. The van der Waals surface area contributed by atoms with Gasteiger partial charge in [-0.15, -0.1) is 0 Å². The highest BCUT2D eigenvalue weighted by atomic mass is 32.2. The van der Waals surface area contributed by atoms with Crippen LogP contribution >= 0.6 is 11.8 Å². The van der Waals surface area contributed by atoms with Crippen molar-refractivity contribution in [2.45, 2.75) is 18.6 Å². The predicted molar refractivity (Wildman–Crippen MR) is 38.3 cm³/mol. The zero-order valence-electron chi connectivity index (χ0n) is 5.13. The quantitative estimate of drug-likeness (QED) is 0.578. The van der Waals surface area contributed by atoms with E-state index in [0.29, 0.717) is 5.17 Å². The third-order valence-corrected chi connectivity index (χ3v) is 2.28. The van der Waals surface area contributed by atoms with Crippen molar-refractivity contribution >= 4 is 22.8 Å². The van der Waals surface area contributed by atoms with Crippen LogP contribution in [0.2, 0.25) is 0 Å².